The van der Waals surface area contributed by atoms with Gasteiger partial charge in [0.2, 0.25) is 0 Å². The molecule has 0 heterocycles. The molecule has 17 heavy (non-hydrogen) atoms. The molecule has 2 aliphatic carbocycles. The Morgan fingerprint density at radius 3 is 2.24 bits per heavy atom. The molecule has 0 aromatic heterocycles. The molecule has 1 heteroatoms. The van der Waals surface area contributed by atoms with Crippen LogP contribution in [0.5, 0.6) is 0 Å². The summed E-state index contributed by atoms with van der Waals surface area (Å²) in [6.07, 6.45) is 8.23. The third-order valence-corrected chi connectivity index (χ3v) is 4.66. The Labute approximate surface area is 105 Å². The second kappa shape index (κ2) is 4.81. The highest BCUT2D eigenvalue weighted by Crippen LogP contribution is 2.29. The molecule has 92 valence electrons. The summed E-state index contributed by atoms with van der Waals surface area (Å²) in [6.45, 7) is 2.39. The number of fused-ring (bicyclic) bond motifs is 1. The molecule has 0 spiro atoms. The van der Waals surface area contributed by atoms with Crippen LogP contribution in [-0.4, -0.2) is 12.1 Å². The Bertz CT molecular complexity index is 354. The van der Waals surface area contributed by atoms with Gasteiger partial charge in [0.25, 0.3) is 0 Å². The zero-order valence-corrected chi connectivity index (χ0v) is 10.8. The van der Waals surface area contributed by atoms with Gasteiger partial charge in [0.05, 0.1) is 0 Å². The van der Waals surface area contributed by atoms with E-state index in [9.17, 15) is 0 Å². The van der Waals surface area contributed by atoms with Crippen molar-refractivity contribution in [2.45, 2.75) is 57.5 Å². The molecule has 0 aliphatic heterocycles. The highest BCUT2D eigenvalue weighted by Gasteiger charge is 2.26. The quantitative estimate of drug-likeness (QED) is 0.838. The summed E-state index contributed by atoms with van der Waals surface area (Å²) < 4.78 is 0. The average Bonchev–Trinajstić information content (AvgIpc) is 2.97. The number of nitrogens with one attached hydrogen (secondary N) is 1. The van der Waals surface area contributed by atoms with Crippen molar-refractivity contribution in [1.29, 1.82) is 0 Å². The lowest BCUT2D eigenvalue weighted by atomic mass is 9.98. The minimum atomic E-state index is 0.683. The van der Waals surface area contributed by atoms with E-state index in [1.165, 1.54) is 38.5 Å². The third-order valence-electron chi connectivity index (χ3n) is 4.66. The molecule has 1 aromatic rings. The fourth-order valence-corrected chi connectivity index (χ4v) is 3.64. The summed E-state index contributed by atoms with van der Waals surface area (Å²) in [5, 5.41) is 3.87. The maximum absolute atomic E-state index is 3.87. The molecule has 0 saturated heterocycles. The Morgan fingerprint density at radius 2 is 1.65 bits per heavy atom. The highest BCUT2D eigenvalue weighted by atomic mass is 15.0. The number of hydrogen-bond donors (Lipinski definition) is 1. The van der Waals surface area contributed by atoms with E-state index >= 15 is 0 Å². The molecule has 1 aromatic carbocycles. The molecule has 1 unspecified atom stereocenters. The van der Waals surface area contributed by atoms with Gasteiger partial charge in [-0.15, -0.1) is 0 Å². The lowest BCUT2D eigenvalue weighted by molar-refractivity contribution is 0.344. The lowest BCUT2D eigenvalue weighted by Gasteiger charge is -2.24. The molecule has 1 saturated carbocycles. The molecule has 1 atom stereocenters. The first kappa shape index (κ1) is 11.3. The van der Waals surface area contributed by atoms with Crippen LogP contribution in [0.15, 0.2) is 24.3 Å². The van der Waals surface area contributed by atoms with E-state index in [1.807, 2.05) is 0 Å². The summed E-state index contributed by atoms with van der Waals surface area (Å²) >= 11 is 0. The first-order valence-electron chi connectivity index (χ1n) is 7.16. The molecule has 1 nitrogen and oxygen atoms in total. The van der Waals surface area contributed by atoms with Crippen molar-refractivity contribution in [3.8, 4) is 0 Å². The van der Waals surface area contributed by atoms with Crippen LogP contribution in [0.25, 0.3) is 0 Å². The van der Waals surface area contributed by atoms with Crippen LogP contribution in [0.2, 0.25) is 0 Å². The SMILES string of the molecule is CC(NC1Cc2ccccc2C1)C1CCCC1. The largest absolute Gasteiger partial charge is 0.311 e. The monoisotopic (exact) mass is 229 g/mol. The minimum Gasteiger partial charge on any atom is -0.311 e. The van der Waals surface area contributed by atoms with Crippen molar-refractivity contribution in [3.05, 3.63) is 35.4 Å². The third kappa shape index (κ3) is 2.40. The van der Waals surface area contributed by atoms with E-state index in [0.717, 1.165) is 5.92 Å². The predicted octanol–water partition coefficient (Wildman–Crippen LogP) is 3.32. The van der Waals surface area contributed by atoms with Gasteiger partial charge < -0.3 is 5.32 Å². The van der Waals surface area contributed by atoms with Gasteiger partial charge in [-0.1, -0.05) is 37.1 Å². The molecule has 2 aliphatic rings. The second-order valence-electron chi connectivity index (χ2n) is 5.87. The fourth-order valence-electron chi connectivity index (χ4n) is 3.64. The van der Waals surface area contributed by atoms with Gasteiger partial charge >= 0.3 is 0 Å². The smallest absolute Gasteiger partial charge is 0.0151 e. The minimum absolute atomic E-state index is 0.683. The van der Waals surface area contributed by atoms with Crippen molar-refractivity contribution >= 4 is 0 Å². The molecule has 0 radical (unpaired) electrons. The Morgan fingerprint density at radius 1 is 1.06 bits per heavy atom. The maximum Gasteiger partial charge on any atom is 0.0151 e. The van der Waals surface area contributed by atoms with Crippen LogP contribution in [0.1, 0.15) is 43.7 Å². The van der Waals surface area contributed by atoms with Crippen molar-refractivity contribution in [2.75, 3.05) is 0 Å². The van der Waals surface area contributed by atoms with Crippen LogP contribution in [0.4, 0.5) is 0 Å². The molecule has 1 fully saturated rings. The molecule has 1 N–H and O–H groups in total. The molecule has 0 amide bonds. The normalized spacial score (nSPS) is 22.9. The topological polar surface area (TPSA) is 12.0 Å². The Balaban J connectivity index is 1.58. The van der Waals surface area contributed by atoms with Crippen LogP contribution in [-0.2, 0) is 12.8 Å². The summed E-state index contributed by atoms with van der Waals surface area (Å²) in [4.78, 5) is 0. The van der Waals surface area contributed by atoms with Gasteiger partial charge in [-0.3, -0.25) is 0 Å². The van der Waals surface area contributed by atoms with Crippen LogP contribution >= 0.6 is 0 Å². The molecule has 3 rings (SSSR count). The van der Waals surface area contributed by atoms with Crippen LogP contribution in [0.3, 0.4) is 0 Å². The Kier molecular flexibility index (Phi) is 3.19. The summed E-state index contributed by atoms with van der Waals surface area (Å²) in [5.41, 5.74) is 3.12. The zero-order chi connectivity index (χ0) is 11.7. The molecular weight excluding hydrogens is 206 g/mol. The first-order chi connectivity index (χ1) is 8.33. The van der Waals surface area contributed by atoms with E-state index in [-0.39, 0.29) is 0 Å². The van der Waals surface area contributed by atoms with Gasteiger partial charge in [-0.2, -0.15) is 0 Å². The van der Waals surface area contributed by atoms with E-state index in [1.54, 1.807) is 11.1 Å². The summed E-state index contributed by atoms with van der Waals surface area (Å²) in [6, 6.07) is 10.3. The van der Waals surface area contributed by atoms with Gasteiger partial charge in [0.15, 0.2) is 0 Å². The second-order valence-corrected chi connectivity index (χ2v) is 5.87. The van der Waals surface area contributed by atoms with Gasteiger partial charge in [-0.25, -0.2) is 0 Å². The van der Waals surface area contributed by atoms with Crippen molar-refractivity contribution in [2.24, 2.45) is 5.92 Å². The van der Waals surface area contributed by atoms with Gasteiger partial charge in [-0.05, 0) is 49.7 Å². The maximum atomic E-state index is 3.87. The van der Waals surface area contributed by atoms with Gasteiger partial charge in [0, 0.05) is 12.1 Å². The van der Waals surface area contributed by atoms with Gasteiger partial charge in [0.1, 0.15) is 0 Å². The molecule has 0 bridgehead atoms. The predicted molar refractivity (Wildman–Crippen MR) is 72.2 cm³/mol. The number of rotatable bonds is 3. The standard InChI is InChI=1S/C16H23N/c1-12(13-6-2-3-7-13)17-16-10-14-8-4-5-9-15(14)11-16/h4-5,8-9,12-13,16-17H,2-3,6-7,10-11H2,1H3. The van der Waals surface area contributed by atoms with Crippen molar-refractivity contribution in [3.63, 3.8) is 0 Å². The number of benzene rings is 1. The Hall–Kier alpha value is -0.820. The van der Waals surface area contributed by atoms with E-state index < -0.39 is 0 Å². The highest BCUT2D eigenvalue weighted by molar-refractivity contribution is 5.33. The lowest BCUT2D eigenvalue weighted by Crippen LogP contribution is -2.40. The van der Waals surface area contributed by atoms with E-state index in [4.69, 9.17) is 0 Å². The summed E-state index contributed by atoms with van der Waals surface area (Å²) in [5.74, 6) is 0.929. The number of hydrogen-bond acceptors (Lipinski definition) is 1. The van der Waals surface area contributed by atoms with Crippen molar-refractivity contribution in [1.82, 2.24) is 5.32 Å². The molecular formula is C16H23N. The van der Waals surface area contributed by atoms with Crippen molar-refractivity contribution < 1.29 is 0 Å². The average molecular weight is 229 g/mol. The van der Waals surface area contributed by atoms with Crippen LogP contribution < -0.4 is 5.32 Å². The van der Waals surface area contributed by atoms with E-state index in [0.29, 0.717) is 12.1 Å². The van der Waals surface area contributed by atoms with Crippen LogP contribution in [0, 0.1) is 5.92 Å². The zero-order valence-electron chi connectivity index (χ0n) is 10.8. The fraction of sp³-hybridized carbons (Fsp3) is 0.625. The first-order valence-corrected chi connectivity index (χ1v) is 7.16. The summed E-state index contributed by atoms with van der Waals surface area (Å²) in [7, 11) is 0. The van der Waals surface area contributed by atoms with E-state index in [2.05, 4.69) is 36.5 Å².